The molecule has 0 radical (unpaired) electrons. The van der Waals surface area contributed by atoms with Gasteiger partial charge in [-0.2, -0.15) is 0 Å². The number of amides is 1. The van der Waals surface area contributed by atoms with E-state index in [1.165, 1.54) is 0 Å². The molecule has 112 valence electrons. The summed E-state index contributed by atoms with van der Waals surface area (Å²) in [6.45, 7) is 5.23. The number of carbonyl (C=O) groups is 1. The fourth-order valence-electron chi connectivity index (χ4n) is 2.84. The Bertz CT molecular complexity index is 672. The standard InChI is InChI=1S/C16H20N2O2S/c1-3-16(20)6-8-18(9-7-16)15(19)12-4-5-13-14(10-12)21-11(2)17-13/h4-5,10,20H,3,6-9H2,1-2H3. The van der Waals surface area contributed by atoms with E-state index in [9.17, 15) is 9.90 Å². The molecule has 4 nitrogen and oxygen atoms in total. The maximum absolute atomic E-state index is 12.6. The van der Waals surface area contributed by atoms with Crippen LogP contribution in [0, 0.1) is 6.92 Å². The highest BCUT2D eigenvalue weighted by atomic mass is 32.1. The molecular weight excluding hydrogens is 284 g/mol. The Morgan fingerprint density at radius 2 is 2.14 bits per heavy atom. The number of aryl methyl sites for hydroxylation is 1. The van der Waals surface area contributed by atoms with Gasteiger partial charge in [0.1, 0.15) is 0 Å². The number of rotatable bonds is 2. The fourth-order valence-corrected chi connectivity index (χ4v) is 3.70. The lowest BCUT2D eigenvalue weighted by atomic mass is 9.89. The van der Waals surface area contributed by atoms with E-state index in [0.717, 1.165) is 21.6 Å². The minimum Gasteiger partial charge on any atom is -0.390 e. The predicted octanol–water partition coefficient (Wildman–Crippen LogP) is 2.98. The molecule has 1 amide bonds. The smallest absolute Gasteiger partial charge is 0.253 e. The summed E-state index contributed by atoms with van der Waals surface area (Å²) < 4.78 is 1.06. The predicted molar refractivity (Wildman–Crippen MR) is 84.7 cm³/mol. The molecule has 0 spiro atoms. The zero-order chi connectivity index (χ0) is 15.0. The van der Waals surface area contributed by atoms with Crippen LogP contribution >= 0.6 is 11.3 Å². The van der Waals surface area contributed by atoms with Crippen LogP contribution in [0.1, 0.15) is 41.6 Å². The normalized spacial score (nSPS) is 18.1. The van der Waals surface area contributed by atoms with E-state index in [4.69, 9.17) is 0 Å². The third kappa shape index (κ3) is 2.80. The lowest BCUT2D eigenvalue weighted by Gasteiger charge is -2.37. The third-order valence-electron chi connectivity index (χ3n) is 4.38. The number of carbonyl (C=O) groups excluding carboxylic acids is 1. The average Bonchev–Trinajstić information content (AvgIpc) is 2.86. The largest absolute Gasteiger partial charge is 0.390 e. The second-order valence-corrected chi connectivity index (χ2v) is 7.02. The van der Waals surface area contributed by atoms with Crippen LogP contribution < -0.4 is 0 Å². The van der Waals surface area contributed by atoms with E-state index in [-0.39, 0.29) is 5.91 Å². The molecule has 5 heteroatoms. The summed E-state index contributed by atoms with van der Waals surface area (Å²) in [5.41, 5.74) is 1.08. The minimum atomic E-state index is -0.588. The van der Waals surface area contributed by atoms with E-state index in [1.54, 1.807) is 11.3 Å². The summed E-state index contributed by atoms with van der Waals surface area (Å²) in [6.07, 6.45) is 2.08. The highest BCUT2D eigenvalue weighted by Gasteiger charge is 2.32. The number of nitrogens with zero attached hydrogens (tertiary/aromatic N) is 2. The Labute approximate surface area is 128 Å². The first-order valence-corrected chi connectivity index (χ1v) is 8.21. The fraction of sp³-hybridized carbons (Fsp3) is 0.500. The van der Waals surface area contributed by atoms with Gasteiger partial charge in [-0.05, 0) is 44.4 Å². The zero-order valence-corrected chi connectivity index (χ0v) is 13.2. The molecule has 1 aromatic heterocycles. The first-order valence-electron chi connectivity index (χ1n) is 7.40. The molecule has 1 aliphatic rings. The van der Waals surface area contributed by atoms with Crippen molar-refractivity contribution in [3.05, 3.63) is 28.8 Å². The molecule has 2 heterocycles. The summed E-state index contributed by atoms with van der Waals surface area (Å²) >= 11 is 1.61. The molecule has 0 unspecified atom stereocenters. The lowest BCUT2D eigenvalue weighted by Crippen LogP contribution is -2.46. The molecule has 1 saturated heterocycles. The number of hydrogen-bond acceptors (Lipinski definition) is 4. The number of aliphatic hydroxyl groups is 1. The van der Waals surface area contributed by atoms with Crippen LogP contribution in [0.25, 0.3) is 10.2 Å². The van der Waals surface area contributed by atoms with Gasteiger partial charge in [0, 0.05) is 18.7 Å². The van der Waals surface area contributed by atoms with Gasteiger partial charge in [0.05, 0.1) is 20.8 Å². The van der Waals surface area contributed by atoms with Gasteiger partial charge in [-0.25, -0.2) is 4.98 Å². The lowest BCUT2D eigenvalue weighted by molar-refractivity contribution is -0.0193. The number of piperidine rings is 1. The van der Waals surface area contributed by atoms with Gasteiger partial charge in [-0.15, -0.1) is 11.3 Å². The Balaban J connectivity index is 1.78. The summed E-state index contributed by atoms with van der Waals surface area (Å²) in [4.78, 5) is 18.8. The van der Waals surface area contributed by atoms with Crippen LogP contribution in [0.2, 0.25) is 0 Å². The Morgan fingerprint density at radius 1 is 1.43 bits per heavy atom. The Morgan fingerprint density at radius 3 is 2.81 bits per heavy atom. The van der Waals surface area contributed by atoms with Gasteiger partial charge in [0.2, 0.25) is 0 Å². The van der Waals surface area contributed by atoms with Crippen molar-refractivity contribution in [3.63, 3.8) is 0 Å². The first kappa shape index (κ1) is 14.5. The molecule has 1 N–H and O–H groups in total. The molecule has 0 bridgehead atoms. The molecule has 1 fully saturated rings. The molecule has 0 saturated carbocycles. The number of thiazole rings is 1. The van der Waals surface area contributed by atoms with Gasteiger partial charge in [-0.1, -0.05) is 6.92 Å². The van der Waals surface area contributed by atoms with Crippen LogP contribution in [0.3, 0.4) is 0 Å². The van der Waals surface area contributed by atoms with E-state index in [2.05, 4.69) is 4.98 Å². The molecule has 0 aliphatic carbocycles. The first-order chi connectivity index (χ1) is 10.0. The van der Waals surface area contributed by atoms with Gasteiger partial charge in [0.15, 0.2) is 0 Å². The molecule has 0 atom stereocenters. The van der Waals surface area contributed by atoms with Crippen molar-refractivity contribution in [2.45, 2.75) is 38.7 Å². The van der Waals surface area contributed by atoms with E-state index in [0.29, 0.717) is 31.5 Å². The Kier molecular flexibility index (Phi) is 3.71. The van der Waals surface area contributed by atoms with Crippen LogP contribution in [-0.4, -0.2) is 39.6 Å². The minimum absolute atomic E-state index is 0.0566. The molecule has 1 aromatic carbocycles. The number of aromatic nitrogens is 1. The number of benzene rings is 1. The van der Waals surface area contributed by atoms with Crippen molar-refractivity contribution in [3.8, 4) is 0 Å². The number of fused-ring (bicyclic) bond motifs is 1. The molecule has 21 heavy (non-hydrogen) atoms. The molecular formula is C16H20N2O2S. The van der Waals surface area contributed by atoms with Crippen molar-refractivity contribution >= 4 is 27.5 Å². The van der Waals surface area contributed by atoms with Crippen molar-refractivity contribution in [2.75, 3.05) is 13.1 Å². The number of hydrogen-bond donors (Lipinski definition) is 1. The summed E-state index contributed by atoms with van der Waals surface area (Å²) in [5, 5.41) is 11.3. The maximum Gasteiger partial charge on any atom is 0.253 e. The summed E-state index contributed by atoms with van der Waals surface area (Å²) in [7, 11) is 0. The van der Waals surface area contributed by atoms with Crippen LogP contribution in [0.4, 0.5) is 0 Å². The van der Waals surface area contributed by atoms with Crippen LogP contribution in [0.15, 0.2) is 18.2 Å². The monoisotopic (exact) mass is 304 g/mol. The second kappa shape index (κ2) is 5.39. The Hall–Kier alpha value is -1.46. The molecule has 3 rings (SSSR count). The van der Waals surface area contributed by atoms with Crippen molar-refractivity contribution in [2.24, 2.45) is 0 Å². The second-order valence-electron chi connectivity index (χ2n) is 5.79. The van der Waals surface area contributed by atoms with Crippen LogP contribution in [-0.2, 0) is 0 Å². The van der Waals surface area contributed by atoms with Crippen molar-refractivity contribution < 1.29 is 9.90 Å². The van der Waals surface area contributed by atoms with Gasteiger partial charge >= 0.3 is 0 Å². The van der Waals surface area contributed by atoms with E-state index >= 15 is 0 Å². The number of likely N-dealkylation sites (tertiary alicyclic amines) is 1. The quantitative estimate of drug-likeness (QED) is 0.928. The third-order valence-corrected chi connectivity index (χ3v) is 5.32. The highest BCUT2D eigenvalue weighted by Crippen LogP contribution is 2.27. The molecule has 2 aromatic rings. The summed E-state index contributed by atoms with van der Waals surface area (Å²) in [6, 6.07) is 5.70. The molecule has 1 aliphatic heterocycles. The average molecular weight is 304 g/mol. The van der Waals surface area contributed by atoms with Crippen LogP contribution in [0.5, 0.6) is 0 Å². The van der Waals surface area contributed by atoms with Gasteiger partial charge in [0.25, 0.3) is 5.91 Å². The van der Waals surface area contributed by atoms with Crippen molar-refractivity contribution in [1.29, 1.82) is 0 Å². The SMILES string of the molecule is CCC1(O)CCN(C(=O)c2ccc3nc(C)sc3c2)CC1. The van der Waals surface area contributed by atoms with Gasteiger partial charge < -0.3 is 10.0 Å². The highest BCUT2D eigenvalue weighted by molar-refractivity contribution is 7.18. The van der Waals surface area contributed by atoms with E-state index in [1.807, 2.05) is 36.9 Å². The zero-order valence-electron chi connectivity index (χ0n) is 12.4. The van der Waals surface area contributed by atoms with E-state index < -0.39 is 5.60 Å². The maximum atomic E-state index is 12.6. The van der Waals surface area contributed by atoms with Gasteiger partial charge in [-0.3, -0.25) is 4.79 Å². The summed E-state index contributed by atoms with van der Waals surface area (Å²) in [5.74, 6) is 0.0566. The topological polar surface area (TPSA) is 53.4 Å². The van der Waals surface area contributed by atoms with Crippen molar-refractivity contribution in [1.82, 2.24) is 9.88 Å².